The van der Waals surface area contributed by atoms with Gasteiger partial charge in [0.1, 0.15) is 18.5 Å². The molecule has 108 valence electrons. The van der Waals surface area contributed by atoms with Crippen LogP contribution < -0.4 is 4.74 Å². The molecule has 20 heavy (non-hydrogen) atoms. The summed E-state index contributed by atoms with van der Waals surface area (Å²) < 4.78 is 7.31. The first-order valence-electron chi connectivity index (χ1n) is 6.65. The number of nitrogens with zero attached hydrogens (tertiary/aromatic N) is 3. The molecule has 0 amide bonds. The average Bonchev–Trinajstić information content (AvgIpc) is 2.83. The molecule has 1 heterocycles. The summed E-state index contributed by atoms with van der Waals surface area (Å²) in [5, 5.41) is 14.1. The van der Waals surface area contributed by atoms with E-state index in [9.17, 15) is 5.11 Å². The molecule has 1 N–H and O–H groups in total. The standard InChI is InChI=1S/C15H21N3O2/c1-17(9-13-8-16-18(2)10-13)11-14(19)12-20-15-6-4-3-5-7-15/h3-8,10,14,19H,9,11-12H2,1-2H3. The van der Waals surface area contributed by atoms with E-state index in [-0.39, 0.29) is 0 Å². The SMILES string of the molecule is CN(Cc1cnn(C)c1)CC(O)COc1ccccc1. The molecule has 1 aromatic carbocycles. The van der Waals surface area contributed by atoms with Gasteiger partial charge in [-0.15, -0.1) is 0 Å². The van der Waals surface area contributed by atoms with Crippen molar-refractivity contribution in [3.8, 4) is 5.75 Å². The van der Waals surface area contributed by atoms with Gasteiger partial charge in [-0.25, -0.2) is 0 Å². The molecule has 5 heteroatoms. The topological polar surface area (TPSA) is 50.5 Å². The average molecular weight is 275 g/mol. The predicted molar refractivity (Wildman–Crippen MR) is 77.5 cm³/mol. The van der Waals surface area contributed by atoms with E-state index in [0.29, 0.717) is 13.2 Å². The lowest BCUT2D eigenvalue weighted by atomic mass is 10.3. The second-order valence-electron chi connectivity index (χ2n) is 5.00. The van der Waals surface area contributed by atoms with Gasteiger partial charge >= 0.3 is 0 Å². The highest BCUT2D eigenvalue weighted by atomic mass is 16.5. The van der Waals surface area contributed by atoms with Crippen molar-refractivity contribution in [2.45, 2.75) is 12.6 Å². The molecule has 0 saturated carbocycles. The molecule has 0 fully saturated rings. The van der Waals surface area contributed by atoms with E-state index in [4.69, 9.17) is 4.74 Å². The number of hydrogen-bond donors (Lipinski definition) is 1. The number of aliphatic hydroxyl groups is 1. The minimum Gasteiger partial charge on any atom is -0.491 e. The van der Waals surface area contributed by atoms with Gasteiger partial charge in [-0.1, -0.05) is 18.2 Å². The van der Waals surface area contributed by atoms with Crippen molar-refractivity contribution in [3.05, 3.63) is 48.3 Å². The Morgan fingerprint density at radius 1 is 1.35 bits per heavy atom. The fourth-order valence-corrected chi connectivity index (χ4v) is 2.05. The molecular weight excluding hydrogens is 254 g/mol. The third kappa shape index (κ3) is 4.68. The van der Waals surface area contributed by atoms with E-state index < -0.39 is 6.10 Å². The smallest absolute Gasteiger partial charge is 0.119 e. The molecular formula is C15H21N3O2. The second kappa shape index (κ2) is 7.07. The van der Waals surface area contributed by atoms with Crippen LogP contribution in [-0.4, -0.2) is 46.1 Å². The molecule has 1 aromatic heterocycles. The predicted octanol–water partition coefficient (Wildman–Crippen LogP) is 1.29. The Kier molecular flexibility index (Phi) is 5.15. The fraction of sp³-hybridized carbons (Fsp3) is 0.400. The number of aromatic nitrogens is 2. The number of benzene rings is 1. The van der Waals surface area contributed by atoms with Crippen LogP contribution >= 0.6 is 0 Å². The maximum Gasteiger partial charge on any atom is 0.119 e. The first kappa shape index (κ1) is 14.6. The van der Waals surface area contributed by atoms with Crippen LogP contribution in [0.5, 0.6) is 5.75 Å². The van der Waals surface area contributed by atoms with Crippen molar-refractivity contribution in [2.75, 3.05) is 20.2 Å². The Balaban J connectivity index is 1.72. The van der Waals surface area contributed by atoms with E-state index in [0.717, 1.165) is 17.9 Å². The maximum absolute atomic E-state index is 9.98. The first-order chi connectivity index (χ1) is 9.63. The molecule has 0 radical (unpaired) electrons. The van der Waals surface area contributed by atoms with Crippen LogP contribution in [0.2, 0.25) is 0 Å². The number of ether oxygens (including phenoxy) is 1. The third-order valence-corrected chi connectivity index (χ3v) is 2.92. The molecule has 2 aromatic rings. The fourth-order valence-electron chi connectivity index (χ4n) is 2.05. The lowest BCUT2D eigenvalue weighted by Crippen LogP contribution is -2.32. The molecule has 0 saturated heterocycles. The summed E-state index contributed by atoms with van der Waals surface area (Å²) in [4.78, 5) is 2.05. The van der Waals surface area contributed by atoms with Crippen molar-refractivity contribution in [3.63, 3.8) is 0 Å². The van der Waals surface area contributed by atoms with Gasteiger partial charge in [0.05, 0.1) is 6.20 Å². The number of likely N-dealkylation sites (N-methyl/N-ethyl adjacent to an activating group) is 1. The van der Waals surface area contributed by atoms with E-state index in [1.54, 1.807) is 4.68 Å². The highest BCUT2D eigenvalue weighted by molar-refractivity contribution is 5.20. The summed E-state index contributed by atoms with van der Waals surface area (Å²) >= 11 is 0. The Hall–Kier alpha value is -1.85. The summed E-state index contributed by atoms with van der Waals surface area (Å²) in [5.41, 5.74) is 1.13. The van der Waals surface area contributed by atoms with Gasteiger partial charge in [0.15, 0.2) is 0 Å². The summed E-state index contributed by atoms with van der Waals surface area (Å²) in [6.07, 6.45) is 3.30. The van der Waals surface area contributed by atoms with Crippen molar-refractivity contribution >= 4 is 0 Å². The minimum absolute atomic E-state index is 0.293. The van der Waals surface area contributed by atoms with Gasteiger partial charge < -0.3 is 9.84 Å². The number of aliphatic hydroxyl groups excluding tert-OH is 1. The molecule has 1 atom stereocenters. The lowest BCUT2D eigenvalue weighted by molar-refractivity contribution is 0.0744. The zero-order valence-electron chi connectivity index (χ0n) is 11.9. The highest BCUT2D eigenvalue weighted by Gasteiger charge is 2.10. The van der Waals surface area contributed by atoms with Gasteiger partial charge in [-0.2, -0.15) is 5.10 Å². The summed E-state index contributed by atoms with van der Waals surface area (Å²) in [7, 11) is 3.87. The van der Waals surface area contributed by atoms with Gasteiger partial charge in [0, 0.05) is 31.9 Å². The van der Waals surface area contributed by atoms with E-state index in [2.05, 4.69) is 10.00 Å². The highest BCUT2D eigenvalue weighted by Crippen LogP contribution is 2.09. The molecule has 0 bridgehead atoms. The summed E-state index contributed by atoms with van der Waals surface area (Å²) in [6, 6.07) is 9.52. The van der Waals surface area contributed by atoms with Crippen LogP contribution in [0.1, 0.15) is 5.56 Å². The maximum atomic E-state index is 9.98. The monoisotopic (exact) mass is 275 g/mol. The number of hydrogen-bond acceptors (Lipinski definition) is 4. The molecule has 0 aliphatic heterocycles. The molecule has 0 spiro atoms. The second-order valence-corrected chi connectivity index (χ2v) is 5.00. The first-order valence-corrected chi connectivity index (χ1v) is 6.65. The Bertz CT molecular complexity index is 513. The van der Waals surface area contributed by atoms with E-state index >= 15 is 0 Å². The van der Waals surface area contributed by atoms with Crippen molar-refractivity contribution < 1.29 is 9.84 Å². The number of aryl methyl sites for hydroxylation is 1. The Labute approximate surface area is 119 Å². The molecule has 2 rings (SSSR count). The summed E-state index contributed by atoms with van der Waals surface area (Å²) in [5.74, 6) is 0.779. The van der Waals surface area contributed by atoms with Gasteiger partial charge in [-0.3, -0.25) is 9.58 Å². The zero-order valence-corrected chi connectivity index (χ0v) is 11.9. The molecule has 5 nitrogen and oxygen atoms in total. The van der Waals surface area contributed by atoms with Crippen molar-refractivity contribution in [1.29, 1.82) is 0 Å². The van der Waals surface area contributed by atoms with Crippen molar-refractivity contribution in [1.82, 2.24) is 14.7 Å². The Morgan fingerprint density at radius 2 is 2.10 bits per heavy atom. The Morgan fingerprint density at radius 3 is 2.75 bits per heavy atom. The minimum atomic E-state index is -0.517. The number of para-hydroxylation sites is 1. The van der Waals surface area contributed by atoms with Crippen LogP contribution in [0.15, 0.2) is 42.7 Å². The quantitative estimate of drug-likeness (QED) is 0.827. The van der Waals surface area contributed by atoms with Gasteiger partial charge in [0.2, 0.25) is 0 Å². The van der Waals surface area contributed by atoms with Crippen LogP contribution in [0.25, 0.3) is 0 Å². The lowest BCUT2D eigenvalue weighted by Gasteiger charge is -2.20. The van der Waals surface area contributed by atoms with Crippen LogP contribution in [-0.2, 0) is 13.6 Å². The largest absolute Gasteiger partial charge is 0.491 e. The van der Waals surface area contributed by atoms with E-state index in [1.807, 2.05) is 56.8 Å². The zero-order chi connectivity index (χ0) is 14.4. The van der Waals surface area contributed by atoms with Crippen LogP contribution in [0.3, 0.4) is 0 Å². The molecule has 1 unspecified atom stereocenters. The van der Waals surface area contributed by atoms with Crippen LogP contribution in [0, 0.1) is 0 Å². The number of rotatable bonds is 7. The third-order valence-electron chi connectivity index (χ3n) is 2.92. The summed E-state index contributed by atoms with van der Waals surface area (Å²) in [6.45, 7) is 1.61. The normalized spacial score (nSPS) is 12.6. The molecule has 0 aliphatic rings. The van der Waals surface area contributed by atoms with Gasteiger partial charge in [-0.05, 0) is 19.2 Å². The van der Waals surface area contributed by atoms with Crippen LogP contribution in [0.4, 0.5) is 0 Å². The van der Waals surface area contributed by atoms with E-state index in [1.165, 1.54) is 0 Å². The van der Waals surface area contributed by atoms with Gasteiger partial charge in [0.25, 0.3) is 0 Å². The molecule has 0 aliphatic carbocycles. The van der Waals surface area contributed by atoms with Crippen molar-refractivity contribution in [2.24, 2.45) is 7.05 Å².